The van der Waals surface area contributed by atoms with Crippen LogP contribution in [-0.4, -0.2) is 36.5 Å². The summed E-state index contributed by atoms with van der Waals surface area (Å²) in [6.45, 7) is 7.26. The van der Waals surface area contributed by atoms with Crippen LogP contribution in [0.25, 0.3) is 22.2 Å². The fourth-order valence-electron chi connectivity index (χ4n) is 3.19. The van der Waals surface area contributed by atoms with Crippen molar-refractivity contribution in [3.05, 3.63) is 48.4 Å². The molecule has 4 heterocycles. The van der Waals surface area contributed by atoms with Gasteiger partial charge in [0.2, 0.25) is 0 Å². The lowest BCUT2D eigenvalue weighted by atomic mass is 10.1. The molecule has 0 amide bonds. The zero-order chi connectivity index (χ0) is 21.1. The minimum atomic E-state index is 0.382. The lowest BCUT2D eigenvalue weighted by molar-refractivity contribution is 0.767. The topological polar surface area (TPSA) is 93.4 Å². The van der Waals surface area contributed by atoms with Gasteiger partial charge in [0, 0.05) is 37.1 Å². The normalized spacial score (nSPS) is 11.2. The second-order valence-electron chi connectivity index (χ2n) is 7.60. The third-order valence-electron chi connectivity index (χ3n) is 4.82. The van der Waals surface area contributed by atoms with E-state index in [9.17, 15) is 0 Å². The Balaban J connectivity index is 1.66. The van der Waals surface area contributed by atoms with E-state index in [1.807, 2.05) is 48.4 Å². The van der Waals surface area contributed by atoms with Gasteiger partial charge in [0.05, 0.1) is 17.2 Å². The highest BCUT2D eigenvalue weighted by atomic mass is 15.3. The minimum Gasteiger partial charge on any atom is -0.368 e. The van der Waals surface area contributed by atoms with Crippen molar-refractivity contribution < 1.29 is 0 Å². The standard InChI is InChI=1S/C22H26N8/c1-5-8-23-22-17(13-30(4)29-22)16-9-19-18(24-11-16)6-7-20(26-19)27-21-10-15(14(2)3)12-25-28-21/h6-7,9-14H,5,8H2,1-4H3,(H,23,29)(H,26,27,28). The number of aryl methyl sites for hydroxylation is 1. The zero-order valence-corrected chi connectivity index (χ0v) is 17.7. The Morgan fingerprint density at radius 1 is 1.07 bits per heavy atom. The van der Waals surface area contributed by atoms with Crippen molar-refractivity contribution in [2.24, 2.45) is 7.05 Å². The number of hydrogen-bond donors (Lipinski definition) is 2. The molecule has 8 nitrogen and oxygen atoms in total. The molecule has 0 aliphatic heterocycles. The van der Waals surface area contributed by atoms with Gasteiger partial charge < -0.3 is 10.6 Å². The first-order valence-electron chi connectivity index (χ1n) is 10.2. The summed E-state index contributed by atoms with van der Waals surface area (Å²) in [5.74, 6) is 2.62. The van der Waals surface area contributed by atoms with Crippen molar-refractivity contribution in [3.8, 4) is 11.1 Å². The zero-order valence-electron chi connectivity index (χ0n) is 17.7. The van der Waals surface area contributed by atoms with Crippen molar-refractivity contribution in [2.75, 3.05) is 17.2 Å². The monoisotopic (exact) mass is 402 g/mol. The lowest BCUT2D eigenvalue weighted by Crippen LogP contribution is -2.02. The summed E-state index contributed by atoms with van der Waals surface area (Å²) in [7, 11) is 1.92. The maximum atomic E-state index is 4.74. The summed E-state index contributed by atoms with van der Waals surface area (Å²) < 4.78 is 1.81. The van der Waals surface area contributed by atoms with Crippen LogP contribution in [0.5, 0.6) is 0 Å². The first-order valence-corrected chi connectivity index (χ1v) is 10.2. The Morgan fingerprint density at radius 2 is 1.93 bits per heavy atom. The Kier molecular flexibility index (Phi) is 5.56. The summed E-state index contributed by atoms with van der Waals surface area (Å²) in [4.78, 5) is 9.33. The van der Waals surface area contributed by atoms with E-state index in [1.54, 1.807) is 6.20 Å². The molecule has 0 aromatic carbocycles. The molecule has 0 fully saturated rings. The molecule has 0 saturated heterocycles. The first-order chi connectivity index (χ1) is 14.5. The Labute approximate surface area is 175 Å². The highest BCUT2D eigenvalue weighted by Gasteiger charge is 2.12. The molecule has 4 aromatic heterocycles. The molecule has 0 atom stereocenters. The van der Waals surface area contributed by atoms with Gasteiger partial charge in [-0.15, -0.1) is 5.10 Å². The van der Waals surface area contributed by atoms with Gasteiger partial charge in [0.25, 0.3) is 0 Å². The fraction of sp³-hybridized carbons (Fsp3) is 0.318. The van der Waals surface area contributed by atoms with Crippen molar-refractivity contribution in [1.29, 1.82) is 0 Å². The Hall–Kier alpha value is -3.55. The average molecular weight is 403 g/mol. The smallest absolute Gasteiger partial charge is 0.155 e. The maximum Gasteiger partial charge on any atom is 0.155 e. The third-order valence-corrected chi connectivity index (χ3v) is 4.82. The molecule has 0 unspecified atom stereocenters. The van der Waals surface area contributed by atoms with Crippen LogP contribution >= 0.6 is 0 Å². The number of rotatable bonds is 7. The van der Waals surface area contributed by atoms with Gasteiger partial charge >= 0.3 is 0 Å². The predicted molar refractivity (Wildman–Crippen MR) is 120 cm³/mol. The van der Waals surface area contributed by atoms with Crippen LogP contribution in [0.3, 0.4) is 0 Å². The second-order valence-corrected chi connectivity index (χ2v) is 7.60. The molecule has 0 saturated carbocycles. The SMILES string of the molecule is CCCNc1nn(C)cc1-c1cnc2ccc(Nc3cc(C(C)C)cnn3)nc2c1. The number of anilines is 3. The highest BCUT2D eigenvalue weighted by molar-refractivity contribution is 5.84. The number of fused-ring (bicyclic) bond motifs is 1. The van der Waals surface area contributed by atoms with Crippen LogP contribution < -0.4 is 10.6 Å². The van der Waals surface area contributed by atoms with E-state index in [0.717, 1.165) is 46.5 Å². The largest absolute Gasteiger partial charge is 0.368 e. The molecule has 154 valence electrons. The van der Waals surface area contributed by atoms with Crippen LogP contribution in [0.2, 0.25) is 0 Å². The fourth-order valence-corrected chi connectivity index (χ4v) is 3.19. The summed E-state index contributed by atoms with van der Waals surface area (Å²) in [5.41, 5.74) is 4.74. The maximum absolute atomic E-state index is 4.74. The molecule has 8 heteroatoms. The Morgan fingerprint density at radius 3 is 2.73 bits per heavy atom. The quantitative estimate of drug-likeness (QED) is 0.470. The van der Waals surface area contributed by atoms with E-state index in [-0.39, 0.29) is 0 Å². The lowest BCUT2D eigenvalue weighted by Gasteiger charge is -2.09. The highest BCUT2D eigenvalue weighted by Crippen LogP contribution is 2.29. The third kappa shape index (κ3) is 4.22. The van der Waals surface area contributed by atoms with Crippen LogP contribution in [0, 0.1) is 0 Å². The van der Waals surface area contributed by atoms with Crippen molar-refractivity contribution in [2.45, 2.75) is 33.1 Å². The molecule has 30 heavy (non-hydrogen) atoms. The van der Waals surface area contributed by atoms with Crippen LogP contribution in [-0.2, 0) is 7.05 Å². The molecule has 0 bridgehead atoms. The predicted octanol–water partition coefficient (Wildman–Crippen LogP) is 4.51. The summed E-state index contributed by atoms with van der Waals surface area (Å²) in [5, 5.41) is 19.4. The van der Waals surface area contributed by atoms with Gasteiger partial charge in [-0.2, -0.15) is 10.2 Å². The molecule has 4 aromatic rings. The minimum absolute atomic E-state index is 0.382. The van der Waals surface area contributed by atoms with Gasteiger partial charge in [-0.25, -0.2) is 4.98 Å². The number of pyridine rings is 2. The van der Waals surface area contributed by atoms with E-state index < -0.39 is 0 Å². The molecule has 0 aliphatic rings. The van der Waals surface area contributed by atoms with E-state index in [2.05, 4.69) is 51.7 Å². The van der Waals surface area contributed by atoms with E-state index in [1.165, 1.54) is 0 Å². The molecule has 0 spiro atoms. The molecule has 2 N–H and O–H groups in total. The summed E-state index contributed by atoms with van der Waals surface area (Å²) >= 11 is 0. The summed E-state index contributed by atoms with van der Waals surface area (Å²) in [6.07, 6.45) is 6.68. The first kappa shape index (κ1) is 19.8. The number of aromatic nitrogens is 6. The Bertz CT molecular complexity index is 1160. The molecular weight excluding hydrogens is 376 g/mol. The van der Waals surface area contributed by atoms with Gasteiger partial charge in [-0.05, 0) is 42.2 Å². The molecule has 0 radical (unpaired) electrons. The van der Waals surface area contributed by atoms with Crippen LogP contribution in [0.4, 0.5) is 17.5 Å². The molecule has 4 rings (SSSR count). The van der Waals surface area contributed by atoms with Crippen molar-refractivity contribution in [3.63, 3.8) is 0 Å². The van der Waals surface area contributed by atoms with Crippen molar-refractivity contribution >= 4 is 28.5 Å². The number of nitrogens with zero attached hydrogens (tertiary/aromatic N) is 6. The number of nitrogens with one attached hydrogen (secondary N) is 2. The average Bonchev–Trinajstić information content (AvgIpc) is 3.12. The van der Waals surface area contributed by atoms with E-state index >= 15 is 0 Å². The molecular formula is C22H26N8. The van der Waals surface area contributed by atoms with Gasteiger partial charge in [-0.1, -0.05) is 20.8 Å². The second kappa shape index (κ2) is 8.44. The molecule has 0 aliphatic carbocycles. The van der Waals surface area contributed by atoms with E-state index in [4.69, 9.17) is 4.98 Å². The van der Waals surface area contributed by atoms with Gasteiger partial charge in [0.1, 0.15) is 5.82 Å². The van der Waals surface area contributed by atoms with Gasteiger partial charge in [0.15, 0.2) is 11.6 Å². The summed E-state index contributed by atoms with van der Waals surface area (Å²) in [6, 6.07) is 7.89. The van der Waals surface area contributed by atoms with Gasteiger partial charge in [-0.3, -0.25) is 9.67 Å². The van der Waals surface area contributed by atoms with Crippen LogP contribution in [0.15, 0.2) is 42.9 Å². The van der Waals surface area contributed by atoms with E-state index in [0.29, 0.717) is 17.6 Å². The number of hydrogen-bond acceptors (Lipinski definition) is 7. The van der Waals surface area contributed by atoms with Crippen LogP contribution in [0.1, 0.15) is 38.7 Å². The van der Waals surface area contributed by atoms with Crippen molar-refractivity contribution in [1.82, 2.24) is 29.9 Å².